The van der Waals surface area contributed by atoms with Crippen LogP contribution in [0.5, 0.6) is 0 Å². The molecular weight excluding hydrogens is 326 g/mol. The second-order valence-electron chi connectivity index (χ2n) is 7.74. The molecule has 0 radical (unpaired) electrons. The molecule has 1 amide bonds. The van der Waals surface area contributed by atoms with E-state index in [1.54, 1.807) is 11.1 Å². The molecule has 1 N–H and O–H groups in total. The number of nitrogens with one attached hydrogen (secondary N) is 1. The van der Waals surface area contributed by atoms with Crippen LogP contribution in [0.15, 0.2) is 42.7 Å². The first kappa shape index (κ1) is 16.6. The van der Waals surface area contributed by atoms with Gasteiger partial charge in [0, 0.05) is 53.1 Å². The zero-order valence-corrected chi connectivity index (χ0v) is 15.4. The lowest BCUT2D eigenvalue weighted by molar-refractivity contribution is 0.0224. The van der Waals surface area contributed by atoms with Crippen molar-refractivity contribution in [2.24, 2.45) is 0 Å². The predicted molar refractivity (Wildman–Crippen MR) is 102 cm³/mol. The number of ether oxygens (including phenoxy) is 1. The third-order valence-electron chi connectivity index (χ3n) is 4.62. The minimum Gasteiger partial charge on any atom is -0.444 e. The summed E-state index contributed by atoms with van der Waals surface area (Å²) in [5.74, 6) is 0. The molecule has 3 aromatic rings. The number of H-pyrrole nitrogens is 1. The Morgan fingerprint density at radius 3 is 2.81 bits per heavy atom. The van der Waals surface area contributed by atoms with Crippen LogP contribution in [0.1, 0.15) is 32.0 Å². The van der Waals surface area contributed by atoms with Gasteiger partial charge < -0.3 is 14.6 Å². The number of carbonyl (C=O) groups excluding carboxylic acids is 1. The highest BCUT2D eigenvalue weighted by Gasteiger charge is 2.27. The molecule has 0 saturated carbocycles. The largest absolute Gasteiger partial charge is 0.444 e. The molecule has 0 spiro atoms. The highest BCUT2D eigenvalue weighted by Crippen LogP contribution is 2.31. The summed E-state index contributed by atoms with van der Waals surface area (Å²) in [6.45, 7) is 6.93. The maximum Gasteiger partial charge on any atom is 0.410 e. The minimum absolute atomic E-state index is 0.249. The summed E-state index contributed by atoms with van der Waals surface area (Å²) in [7, 11) is 0. The van der Waals surface area contributed by atoms with Gasteiger partial charge in [-0.2, -0.15) is 0 Å². The lowest BCUT2D eigenvalue weighted by atomic mass is 10.0. The van der Waals surface area contributed by atoms with Gasteiger partial charge in [0.15, 0.2) is 0 Å². The van der Waals surface area contributed by atoms with Gasteiger partial charge >= 0.3 is 6.09 Å². The molecule has 3 heterocycles. The fraction of sp³-hybridized carbons (Fsp3) is 0.333. The summed E-state index contributed by atoms with van der Waals surface area (Å²) in [5, 5.41) is 1.16. The lowest BCUT2D eigenvalue weighted by Crippen LogP contribution is -2.39. The molecule has 0 saturated heterocycles. The highest BCUT2D eigenvalue weighted by molar-refractivity contribution is 5.89. The van der Waals surface area contributed by atoms with Gasteiger partial charge in [-0.25, -0.2) is 4.79 Å². The van der Waals surface area contributed by atoms with E-state index in [0.717, 1.165) is 28.5 Å². The van der Waals surface area contributed by atoms with Gasteiger partial charge in [-0.1, -0.05) is 12.1 Å². The number of amides is 1. The van der Waals surface area contributed by atoms with Crippen LogP contribution in [-0.2, 0) is 17.7 Å². The second kappa shape index (κ2) is 6.16. The first-order chi connectivity index (χ1) is 12.4. The molecule has 0 bridgehead atoms. The number of pyridine rings is 1. The number of aromatic nitrogens is 2. The quantitative estimate of drug-likeness (QED) is 0.702. The Morgan fingerprint density at radius 1 is 1.23 bits per heavy atom. The van der Waals surface area contributed by atoms with E-state index < -0.39 is 5.60 Å². The molecule has 5 nitrogen and oxygen atoms in total. The number of hydrogen-bond acceptors (Lipinski definition) is 3. The summed E-state index contributed by atoms with van der Waals surface area (Å²) in [5.41, 5.74) is 5.23. The molecule has 1 aliphatic heterocycles. The molecule has 0 atom stereocenters. The summed E-state index contributed by atoms with van der Waals surface area (Å²) in [4.78, 5) is 22.0. The number of fused-ring (bicyclic) bond motifs is 3. The van der Waals surface area contributed by atoms with Gasteiger partial charge in [-0.3, -0.25) is 4.98 Å². The van der Waals surface area contributed by atoms with Crippen molar-refractivity contribution in [3.63, 3.8) is 0 Å². The van der Waals surface area contributed by atoms with E-state index in [-0.39, 0.29) is 6.09 Å². The number of benzene rings is 1. The summed E-state index contributed by atoms with van der Waals surface area (Å²) < 4.78 is 5.54. The molecule has 26 heavy (non-hydrogen) atoms. The van der Waals surface area contributed by atoms with Crippen LogP contribution in [0.4, 0.5) is 4.79 Å². The Balaban J connectivity index is 1.68. The van der Waals surface area contributed by atoms with E-state index in [4.69, 9.17) is 4.74 Å². The smallest absolute Gasteiger partial charge is 0.410 e. The van der Waals surface area contributed by atoms with Gasteiger partial charge in [0.1, 0.15) is 5.60 Å². The van der Waals surface area contributed by atoms with Crippen molar-refractivity contribution in [2.45, 2.75) is 39.3 Å². The van der Waals surface area contributed by atoms with Crippen LogP contribution in [0, 0.1) is 0 Å². The minimum atomic E-state index is -0.481. The van der Waals surface area contributed by atoms with Crippen molar-refractivity contribution in [2.75, 3.05) is 6.54 Å². The van der Waals surface area contributed by atoms with Crippen LogP contribution in [0.25, 0.3) is 22.0 Å². The number of hydrogen-bond donors (Lipinski definition) is 1. The molecule has 1 aliphatic rings. The number of carbonyl (C=O) groups is 1. The normalized spacial score (nSPS) is 14.3. The van der Waals surface area contributed by atoms with E-state index in [9.17, 15) is 4.79 Å². The Morgan fingerprint density at radius 2 is 2.08 bits per heavy atom. The van der Waals surface area contributed by atoms with Crippen molar-refractivity contribution < 1.29 is 9.53 Å². The van der Waals surface area contributed by atoms with Crippen LogP contribution >= 0.6 is 0 Å². The average molecular weight is 349 g/mol. The average Bonchev–Trinajstić information content (AvgIpc) is 2.98. The zero-order chi connectivity index (χ0) is 18.3. The zero-order valence-electron chi connectivity index (χ0n) is 15.4. The van der Waals surface area contributed by atoms with E-state index in [1.807, 2.05) is 33.0 Å². The van der Waals surface area contributed by atoms with Crippen LogP contribution < -0.4 is 0 Å². The molecular formula is C21H23N3O2. The van der Waals surface area contributed by atoms with Crippen molar-refractivity contribution in [3.8, 4) is 11.1 Å². The molecule has 2 aromatic heterocycles. The standard InChI is InChI=1S/C21H23N3O2/c1-21(2,3)26-20(25)24-10-8-19-17(13-24)16-11-14(6-7-18(16)23-19)15-5-4-9-22-12-15/h4-7,9,11-12,23H,8,10,13H2,1-3H3. The third kappa shape index (κ3) is 3.17. The first-order valence-corrected chi connectivity index (χ1v) is 8.92. The number of nitrogens with zero attached hydrogens (tertiary/aromatic N) is 2. The SMILES string of the molecule is CC(C)(C)OC(=O)N1CCc2[nH]c3ccc(-c4cccnc4)cc3c2C1. The molecule has 5 heteroatoms. The maximum atomic E-state index is 12.5. The first-order valence-electron chi connectivity index (χ1n) is 8.92. The van der Waals surface area contributed by atoms with Crippen molar-refractivity contribution in [1.82, 2.24) is 14.9 Å². The van der Waals surface area contributed by atoms with Crippen molar-refractivity contribution in [1.29, 1.82) is 0 Å². The Hall–Kier alpha value is -2.82. The Labute approximate surface area is 153 Å². The topological polar surface area (TPSA) is 58.2 Å². The predicted octanol–water partition coefficient (Wildman–Crippen LogP) is 4.52. The third-order valence-corrected chi connectivity index (χ3v) is 4.62. The van der Waals surface area contributed by atoms with Gasteiger partial charge in [0.25, 0.3) is 0 Å². The van der Waals surface area contributed by atoms with E-state index in [0.29, 0.717) is 13.1 Å². The lowest BCUT2D eigenvalue weighted by Gasteiger charge is -2.30. The maximum absolute atomic E-state index is 12.5. The summed E-state index contributed by atoms with van der Waals surface area (Å²) in [6.07, 6.45) is 4.21. The molecule has 0 aliphatic carbocycles. The number of aromatic amines is 1. The van der Waals surface area contributed by atoms with Crippen molar-refractivity contribution in [3.05, 3.63) is 54.0 Å². The van der Waals surface area contributed by atoms with E-state index >= 15 is 0 Å². The van der Waals surface area contributed by atoms with Crippen molar-refractivity contribution >= 4 is 17.0 Å². The van der Waals surface area contributed by atoms with Gasteiger partial charge in [-0.05, 0) is 44.5 Å². The summed E-state index contributed by atoms with van der Waals surface area (Å²) in [6, 6.07) is 10.4. The second-order valence-corrected chi connectivity index (χ2v) is 7.74. The fourth-order valence-electron chi connectivity index (χ4n) is 3.41. The summed E-state index contributed by atoms with van der Waals surface area (Å²) >= 11 is 0. The molecule has 0 unspecified atom stereocenters. The highest BCUT2D eigenvalue weighted by atomic mass is 16.6. The fourth-order valence-corrected chi connectivity index (χ4v) is 3.41. The molecule has 1 aromatic carbocycles. The van der Waals surface area contributed by atoms with Crippen LogP contribution in [0.3, 0.4) is 0 Å². The van der Waals surface area contributed by atoms with Gasteiger partial charge in [0.2, 0.25) is 0 Å². The van der Waals surface area contributed by atoms with E-state index in [2.05, 4.69) is 34.2 Å². The molecule has 4 rings (SSSR count). The molecule has 134 valence electrons. The Kier molecular flexibility index (Phi) is 3.94. The van der Waals surface area contributed by atoms with Crippen LogP contribution in [-0.4, -0.2) is 33.1 Å². The van der Waals surface area contributed by atoms with Gasteiger partial charge in [-0.15, -0.1) is 0 Å². The van der Waals surface area contributed by atoms with Crippen LogP contribution in [0.2, 0.25) is 0 Å². The Bertz CT molecular complexity index is 955. The monoisotopic (exact) mass is 349 g/mol. The van der Waals surface area contributed by atoms with Gasteiger partial charge in [0.05, 0.1) is 6.54 Å². The van der Waals surface area contributed by atoms with E-state index in [1.165, 1.54) is 11.3 Å². The number of rotatable bonds is 1. The molecule has 0 fully saturated rings.